The fraction of sp³-hybridized carbons (Fsp3) is 0.833. The van der Waals surface area contributed by atoms with E-state index >= 15 is 0 Å². The van der Waals surface area contributed by atoms with Gasteiger partial charge in [0.2, 0.25) is 0 Å². The van der Waals surface area contributed by atoms with Gasteiger partial charge in [-0.25, -0.2) is 0 Å². The van der Waals surface area contributed by atoms with Crippen LogP contribution in [-0.2, 0) is 4.79 Å². The first-order chi connectivity index (χ1) is 4.72. The van der Waals surface area contributed by atoms with Crippen LogP contribution in [0.5, 0.6) is 0 Å². The summed E-state index contributed by atoms with van der Waals surface area (Å²) in [5, 5.41) is 11.3. The van der Waals surface area contributed by atoms with E-state index in [0.717, 1.165) is 13.0 Å². The third kappa shape index (κ3) is 3.74. The van der Waals surface area contributed by atoms with Crippen molar-refractivity contribution in [1.82, 2.24) is 5.32 Å². The van der Waals surface area contributed by atoms with Gasteiger partial charge in [-0.15, -0.1) is 0 Å². The smallest absolute Gasteiger partial charge is 0.321 e. The van der Waals surface area contributed by atoms with Gasteiger partial charge >= 0.3 is 5.97 Å². The molecule has 0 aromatic heterocycles. The lowest BCUT2D eigenvalue weighted by Crippen LogP contribution is -2.38. The maximum Gasteiger partial charge on any atom is 0.321 e. The SMILES string of the molecule is CCCN[C@@H](CS)C(=O)O. The minimum atomic E-state index is -0.830. The summed E-state index contributed by atoms with van der Waals surface area (Å²) in [5.74, 6) is -0.488. The molecule has 0 unspecified atom stereocenters. The second-order valence-electron chi connectivity index (χ2n) is 2.03. The molecule has 0 saturated carbocycles. The summed E-state index contributed by atoms with van der Waals surface area (Å²) in [4.78, 5) is 10.3. The highest BCUT2D eigenvalue weighted by Gasteiger charge is 2.12. The topological polar surface area (TPSA) is 49.3 Å². The molecule has 0 amide bonds. The fourth-order valence-electron chi connectivity index (χ4n) is 0.549. The van der Waals surface area contributed by atoms with Crippen LogP contribution in [0.1, 0.15) is 13.3 Å². The molecule has 0 aliphatic heterocycles. The maximum absolute atomic E-state index is 10.3. The van der Waals surface area contributed by atoms with E-state index < -0.39 is 12.0 Å². The Labute approximate surface area is 66.2 Å². The van der Waals surface area contributed by atoms with E-state index in [-0.39, 0.29) is 0 Å². The van der Waals surface area contributed by atoms with E-state index in [1.54, 1.807) is 0 Å². The Bertz CT molecular complexity index is 108. The van der Waals surface area contributed by atoms with Gasteiger partial charge in [0.1, 0.15) is 6.04 Å². The van der Waals surface area contributed by atoms with Gasteiger partial charge in [-0.05, 0) is 13.0 Å². The average molecular weight is 163 g/mol. The Kier molecular flexibility index (Phi) is 5.43. The molecule has 0 rings (SSSR count). The number of aliphatic carboxylic acids is 1. The Morgan fingerprint density at radius 3 is 2.70 bits per heavy atom. The molecule has 0 fully saturated rings. The second-order valence-corrected chi connectivity index (χ2v) is 2.39. The molecule has 0 aromatic carbocycles. The average Bonchev–Trinajstić information content (AvgIpc) is 1.89. The fourth-order valence-corrected chi connectivity index (χ4v) is 0.834. The molecule has 3 nitrogen and oxygen atoms in total. The summed E-state index contributed by atoms with van der Waals surface area (Å²) in [6, 6.07) is -0.497. The number of hydrogen-bond donors (Lipinski definition) is 3. The summed E-state index contributed by atoms with van der Waals surface area (Å²) < 4.78 is 0. The van der Waals surface area contributed by atoms with Crippen LogP contribution in [0, 0.1) is 0 Å². The standard InChI is InChI=1S/C6H13NO2S/c1-2-3-7-5(4-10)6(8)9/h5,7,10H,2-4H2,1H3,(H,8,9)/t5-/m0/s1. The maximum atomic E-state index is 10.3. The molecule has 0 heterocycles. The van der Waals surface area contributed by atoms with Crippen LogP contribution in [0.4, 0.5) is 0 Å². The first kappa shape index (κ1) is 9.78. The lowest BCUT2D eigenvalue weighted by Gasteiger charge is -2.09. The monoisotopic (exact) mass is 163 g/mol. The second kappa shape index (κ2) is 5.56. The minimum absolute atomic E-state index is 0.343. The minimum Gasteiger partial charge on any atom is -0.480 e. The van der Waals surface area contributed by atoms with Crippen molar-refractivity contribution in [3.63, 3.8) is 0 Å². The van der Waals surface area contributed by atoms with E-state index in [0.29, 0.717) is 5.75 Å². The zero-order valence-electron chi connectivity index (χ0n) is 6.00. The molecule has 0 radical (unpaired) electrons. The van der Waals surface area contributed by atoms with Crippen LogP contribution in [0.3, 0.4) is 0 Å². The van der Waals surface area contributed by atoms with Crippen LogP contribution in [0.2, 0.25) is 0 Å². The van der Waals surface area contributed by atoms with E-state index in [1.165, 1.54) is 0 Å². The number of carboxylic acids is 1. The zero-order chi connectivity index (χ0) is 7.98. The van der Waals surface area contributed by atoms with Crippen molar-refractivity contribution in [3.8, 4) is 0 Å². The highest BCUT2D eigenvalue weighted by Crippen LogP contribution is 1.87. The van der Waals surface area contributed by atoms with Crippen LogP contribution in [0.25, 0.3) is 0 Å². The number of hydrogen-bond acceptors (Lipinski definition) is 3. The van der Waals surface area contributed by atoms with Crippen molar-refractivity contribution in [2.24, 2.45) is 0 Å². The lowest BCUT2D eigenvalue weighted by atomic mass is 10.3. The van der Waals surface area contributed by atoms with E-state index in [2.05, 4.69) is 17.9 Å². The van der Waals surface area contributed by atoms with Crippen molar-refractivity contribution in [2.75, 3.05) is 12.3 Å². The number of rotatable bonds is 5. The summed E-state index contributed by atoms with van der Waals surface area (Å²) in [7, 11) is 0. The van der Waals surface area contributed by atoms with Gasteiger partial charge in [-0.1, -0.05) is 6.92 Å². The number of nitrogens with one attached hydrogen (secondary N) is 1. The first-order valence-corrected chi connectivity index (χ1v) is 3.92. The van der Waals surface area contributed by atoms with Gasteiger partial charge in [0, 0.05) is 5.75 Å². The van der Waals surface area contributed by atoms with Crippen molar-refractivity contribution in [3.05, 3.63) is 0 Å². The van der Waals surface area contributed by atoms with Crippen LogP contribution in [0.15, 0.2) is 0 Å². The molecule has 0 saturated heterocycles. The molecule has 4 heteroatoms. The van der Waals surface area contributed by atoms with Gasteiger partial charge in [-0.3, -0.25) is 4.79 Å². The Balaban J connectivity index is 3.50. The number of thiol groups is 1. The molecule has 0 aromatic rings. The summed E-state index contributed by atoms with van der Waals surface area (Å²) in [5.41, 5.74) is 0. The molecule has 10 heavy (non-hydrogen) atoms. The highest BCUT2D eigenvalue weighted by atomic mass is 32.1. The zero-order valence-corrected chi connectivity index (χ0v) is 6.90. The Morgan fingerprint density at radius 1 is 1.80 bits per heavy atom. The summed E-state index contributed by atoms with van der Waals surface area (Å²) in [6.07, 6.45) is 0.942. The van der Waals surface area contributed by atoms with Crippen LogP contribution in [-0.4, -0.2) is 29.4 Å². The van der Waals surface area contributed by atoms with Gasteiger partial charge in [0.25, 0.3) is 0 Å². The van der Waals surface area contributed by atoms with Crippen molar-refractivity contribution in [1.29, 1.82) is 0 Å². The van der Waals surface area contributed by atoms with Gasteiger partial charge in [0.15, 0.2) is 0 Å². The highest BCUT2D eigenvalue weighted by molar-refractivity contribution is 7.80. The van der Waals surface area contributed by atoms with Crippen molar-refractivity contribution >= 4 is 18.6 Å². The molecular weight excluding hydrogens is 150 g/mol. The third-order valence-electron chi connectivity index (χ3n) is 1.12. The predicted molar refractivity (Wildman–Crippen MR) is 43.6 cm³/mol. The molecule has 0 bridgehead atoms. The number of carboxylic acid groups (broad SMARTS) is 1. The van der Waals surface area contributed by atoms with Crippen molar-refractivity contribution < 1.29 is 9.90 Å². The molecule has 1 atom stereocenters. The van der Waals surface area contributed by atoms with E-state index in [9.17, 15) is 4.79 Å². The Hall–Kier alpha value is -0.220. The molecule has 0 spiro atoms. The molecular formula is C6H13NO2S. The van der Waals surface area contributed by atoms with Gasteiger partial charge < -0.3 is 10.4 Å². The predicted octanol–water partition coefficient (Wildman–Crippen LogP) is 0.369. The summed E-state index contributed by atoms with van der Waals surface area (Å²) in [6.45, 7) is 2.72. The van der Waals surface area contributed by atoms with E-state index in [4.69, 9.17) is 5.11 Å². The van der Waals surface area contributed by atoms with E-state index in [1.807, 2.05) is 6.92 Å². The quantitative estimate of drug-likeness (QED) is 0.513. The van der Waals surface area contributed by atoms with Crippen LogP contribution >= 0.6 is 12.6 Å². The third-order valence-corrected chi connectivity index (χ3v) is 1.49. The van der Waals surface area contributed by atoms with Crippen LogP contribution < -0.4 is 5.32 Å². The molecule has 2 N–H and O–H groups in total. The first-order valence-electron chi connectivity index (χ1n) is 3.29. The molecule has 0 aliphatic rings. The largest absolute Gasteiger partial charge is 0.480 e. The molecule has 60 valence electrons. The van der Waals surface area contributed by atoms with Crippen molar-refractivity contribution in [2.45, 2.75) is 19.4 Å². The van der Waals surface area contributed by atoms with Gasteiger partial charge in [-0.2, -0.15) is 12.6 Å². The lowest BCUT2D eigenvalue weighted by molar-refractivity contribution is -0.138. The molecule has 0 aliphatic carbocycles. The Morgan fingerprint density at radius 2 is 2.40 bits per heavy atom. The number of carbonyl (C=O) groups is 1. The summed E-state index contributed by atoms with van der Waals surface area (Å²) >= 11 is 3.88. The normalized spacial score (nSPS) is 13.0. The van der Waals surface area contributed by atoms with Gasteiger partial charge in [0.05, 0.1) is 0 Å².